The highest BCUT2D eigenvalue weighted by Gasteiger charge is 2.36. The topological polar surface area (TPSA) is 179 Å². The van der Waals surface area contributed by atoms with Gasteiger partial charge in [-0.15, -0.1) is 0 Å². The Hall–Kier alpha value is -3.32. The van der Waals surface area contributed by atoms with E-state index in [9.17, 15) is 25.1 Å². The Balaban J connectivity index is 1.74. The van der Waals surface area contributed by atoms with Crippen LogP contribution in [-0.4, -0.2) is 48.5 Å². The molecule has 0 spiro atoms. The highest BCUT2D eigenvalue weighted by atomic mass is 16.6. The Morgan fingerprint density at radius 1 is 1.40 bits per heavy atom. The molecule has 1 aliphatic rings. The molecule has 4 atom stereocenters. The van der Waals surface area contributed by atoms with Crippen molar-refractivity contribution in [2.45, 2.75) is 58.3 Å². The predicted octanol–water partition coefficient (Wildman–Crippen LogP) is 2.16. The first kappa shape index (κ1) is 24.8. The summed E-state index contributed by atoms with van der Waals surface area (Å²) in [4.78, 5) is 30.8. The number of H-pyrrole nitrogens is 1. The number of para-hydroxylation sites is 1. The second-order valence-electron chi connectivity index (χ2n) is 9.70. The van der Waals surface area contributed by atoms with Gasteiger partial charge in [0.2, 0.25) is 5.95 Å². The number of rotatable bonds is 7. The Kier molecular flexibility index (Phi) is 6.64. The van der Waals surface area contributed by atoms with Crippen LogP contribution in [0.5, 0.6) is 0 Å². The molecule has 0 unspecified atom stereocenters. The van der Waals surface area contributed by atoms with Crippen molar-refractivity contribution in [3.63, 3.8) is 0 Å². The van der Waals surface area contributed by atoms with Crippen LogP contribution < -0.4 is 11.3 Å². The van der Waals surface area contributed by atoms with Crippen LogP contribution in [0.1, 0.15) is 50.7 Å². The monoisotopic (exact) mass is 487 g/mol. The van der Waals surface area contributed by atoms with Crippen LogP contribution in [0.25, 0.3) is 11.0 Å². The lowest BCUT2D eigenvalue weighted by Gasteiger charge is -2.30. The number of nitro benzene ring substituents is 1. The quantitative estimate of drug-likeness (QED) is 0.287. The van der Waals surface area contributed by atoms with Gasteiger partial charge in [0.15, 0.2) is 5.65 Å². The molecule has 12 heteroatoms. The molecule has 0 amide bonds. The number of aromatic amines is 1. The van der Waals surface area contributed by atoms with Gasteiger partial charge in [-0.05, 0) is 11.5 Å². The maximum atomic E-state index is 12.8. The lowest BCUT2D eigenvalue weighted by molar-refractivity contribution is -0.386. The first-order chi connectivity index (χ1) is 16.5. The normalized spacial score (nSPS) is 21.5. The molecule has 0 bridgehead atoms. The number of aliphatic hydroxyl groups is 2. The minimum atomic E-state index is -0.884. The molecule has 1 aliphatic heterocycles. The molecular formula is C23H29N5O7. The molecule has 3 aromatic rings. The molecule has 2 aromatic heterocycles. The fourth-order valence-electron chi connectivity index (χ4n) is 4.48. The number of nitrogens with zero attached hydrogens (tertiary/aromatic N) is 3. The van der Waals surface area contributed by atoms with Gasteiger partial charge in [-0.25, -0.2) is 0 Å². The van der Waals surface area contributed by atoms with Crippen LogP contribution in [0.2, 0.25) is 0 Å². The average Bonchev–Trinajstić information content (AvgIpc) is 3.33. The van der Waals surface area contributed by atoms with Crippen LogP contribution in [0.15, 0.2) is 35.3 Å². The number of aromatic nitrogens is 3. The summed E-state index contributed by atoms with van der Waals surface area (Å²) in [7, 11) is 0. The summed E-state index contributed by atoms with van der Waals surface area (Å²) in [5, 5.41) is 31.5. The van der Waals surface area contributed by atoms with Gasteiger partial charge in [-0.2, -0.15) is 4.98 Å². The lowest BCUT2D eigenvalue weighted by Crippen LogP contribution is -2.24. The summed E-state index contributed by atoms with van der Waals surface area (Å²) in [6.07, 6.45) is -1.16. The second kappa shape index (κ2) is 9.38. The van der Waals surface area contributed by atoms with Crippen molar-refractivity contribution >= 4 is 22.7 Å². The lowest BCUT2D eigenvalue weighted by atomic mass is 9.84. The van der Waals surface area contributed by atoms with Crippen LogP contribution in [0.3, 0.4) is 0 Å². The third-order valence-corrected chi connectivity index (χ3v) is 6.08. The van der Waals surface area contributed by atoms with Crippen molar-refractivity contribution < 1.29 is 24.6 Å². The van der Waals surface area contributed by atoms with E-state index in [1.807, 2.05) is 20.8 Å². The number of nitrogens with two attached hydrogens (primary N) is 1. The van der Waals surface area contributed by atoms with Gasteiger partial charge in [0.05, 0.1) is 41.3 Å². The molecule has 35 heavy (non-hydrogen) atoms. The van der Waals surface area contributed by atoms with Crippen molar-refractivity contribution in [1.29, 1.82) is 0 Å². The molecule has 0 saturated carbocycles. The van der Waals surface area contributed by atoms with Crippen molar-refractivity contribution in [3.05, 3.63) is 62.1 Å². The van der Waals surface area contributed by atoms with E-state index in [0.29, 0.717) is 11.1 Å². The van der Waals surface area contributed by atoms with Crippen molar-refractivity contribution in [2.75, 3.05) is 12.3 Å². The first-order valence-corrected chi connectivity index (χ1v) is 11.2. The minimum absolute atomic E-state index is 0.0504. The number of nitrogen functional groups attached to an aromatic ring is 1. The Morgan fingerprint density at radius 3 is 2.74 bits per heavy atom. The van der Waals surface area contributed by atoms with Crippen molar-refractivity contribution in [2.24, 2.45) is 5.41 Å². The second-order valence-corrected chi connectivity index (χ2v) is 9.70. The van der Waals surface area contributed by atoms with E-state index >= 15 is 0 Å². The molecule has 3 heterocycles. The molecule has 0 radical (unpaired) electrons. The van der Waals surface area contributed by atoms with E-state index in [1.54, 1.807) is 29.0 Å². The highest BCUT2D eigenvalue weighted by molar-refractivity contribution is 5.80. The Morgan fingerprint density at radius 2 is 2.11 bits per heavy atom. The van der Waals surface area contributed by atoms with Gasteiger partial charge in [0, 0.05) is 24.2 Å². The smallest absolute Gasteiger partial charge is 0.275 e. The van der Waals surface area contributed by atoms with E-state index in [4.69, 9.17) is 15.2 Å². The number of nitrogens with one attached hydrogen (secondary N) is 1. The standard InChI is InChI=1S/C23H29N5O7/c1-23(2,3)19(13-6-4-5-7-14(13)28(32)33)34-11-12-9-27(17-8-15(30)16(10-29)35-17)20-18(12)21(31)26-22(24)25-20/h4-7,9,15-17,19,29-30H,8,10-11H2,1-3H3,(H3,24,25,26,31)/t15-,16-,17-,19-/m1/s1. The van der Waals surface area contributed by atoms with Gasteiger partial charge in [0.1, 0.15) is 12.3 Å². The van der Waals surface area contributed by atoms with Gasteiger partial charge in [-0.3, -0.25) is 19.9 Å². The summed E-state index contributed by atoms with van der Waals surface area (Å²) >= 11 is 0. The Bertz CT molecular complexity index is 1300. The zero-order chi connectivity index (χ0) is 25.5. The van der Waals surface area contributed by atoms with Gasteiger partial charge < -0.3 is 30.0 Å². The van der Waals surface area contributed by atoms with Gasteiger partial charge >= 0.3 is 0 Å². The van der Waals surface area contributed by atoms with Crippen LogP contribution >= 0.6 is 0 Å². The summed E-state index contributed by atoms with van der Waals surface area (Å²) in [6.45, 7) is 5.33. The minimum Gasteiger partial charge on any atom is -0.394 e. The number of nitro groups is 1. The number of aliphatic hydroxyl groups excluding tert-OH is 2. The number of hydrogen-bond donors (Lipinski definition) is 4. The molecule has 1 fully saturated rings. The molecule has 0 aliphatic carbocycles. The van der Waals surface area contributed by atoms with Crippen LogP contribution in [0, 0.1) is 15.5 Å². The van der Waals surface area contributed by atoms with Crippen molar-refractivity contribution in [3.8, 4) is 0 Å². The van der Waals surface area contributed by atoms with E-state index in [1.165, 1.54) is 6.07 Å². The fraction of sp³-hybridized carbons (Fsp3) is 0.478. The number of ether oxygens (including phenoxy) is 2. The van der Waals surface area contributed by atoms with Crippen LogP contribution in [0.4, 0.5) is 11.6 Å². The molecule has 12 nitrogen and oxygen atoms in total. The van der Waals surface area contributed by atoms with E-state index in [-0.39, 0.29) is 42.3 Å². The van der Waals surface area contributed by atoms with E-state index < -0.39 is 40.4 Å². The molecule has 1 aromatic carbocycles. The third kappa shape index (κ3) is 4.78. The maximum absolute atomic E-state index is 12.8. The number of benzene rings is 1. The van der Waals surface area contributed by atoms with Crippen LogP contribution in [-0.2, 0) is 16.1 Å². The van der Waals surface area contributed by atoms with Crippen molar-refractivity contribution in [1.82, 2.24) is 14.5 Å². The largest absolute Gasteiger partial charge is 0.394 e. The van der Waals surface area contributed by atoms with Gasteiger partial charge in [-0.1, -0.05) is 32.9 Å². The number of hydrogen-bond acceptors (Lipinski definition) is 9. The zero-order valence-corrected chi connectivity index (χ0v) is 19.7. The summed E-state index contributed by atoms with van der Waals surface area (Å²) < 4.78 is 13.6. The molecule has 5 N–H and O–H groups in total. The molecule has 188 valence electrons. The SMILES string of the molecule is CC(C)(C)[C@H](OCc1cn([C@H]2C[C@@H](O)[C@@H](CO)O2)c2nc(N)[nH]c(=O)c12)c1ccccc1[N+](=O)[O-]. The summed E-state index contributed by atoms with van der Waals surface area (Å²) in [5.74, 6) is -0.0842. The average molecular weight is 488 g/mol. The highest BCUT2D eigenvalue weighted by Crippen LogP contribution is 2.41. The number of fused-ring (bicyclic) bond motifs is 1. The molecule has 4 rings (SSSR count). The predicted molar refractivity (Wildman–Crippen MR) is 126 cm³/mol. The maximum Gasteiger partial charge on any atom is 0.275 e. The van der Waals surface area contributed by atoms with E-state index in [0.717, 1.165) is 0 Å². The summed E-state index contributed by atoms with van der Waals surface area (Å²) in [6, 6.07) is 6.41. The van der Waals surface area contributed by atoms with Gasteiger partial charge in [0.25, 0.3) is 11.2 Å². The fourth-order valence-corrected chi connectivity index (χ4v) is 4.48. The Labute approximate surface area is 200 Å². The molecule has 1 saturated heterocycles. The number of anilines is 1. The summed E-state index contributed by atoms with van der Waals surface area (Å²) in [5.41, 5.74) is 5.90. The first-order valence-electron chi connectivity index (χ1n) is 11.2. The van der Waals surface area contributed by atoms with E-state index in [2.05, 4.69) is 9.97 Å². The third-order valence-electron chi connectivity index (χ3n) is 6.08. The zero-order valence-electron chi connectivity index (χ0n) is 19.7. The molecular weight excluding hydrogens is 458 g/mol.